The Balaban J connectivity index is 1.75. The minimum absolute atomic E-state index is 0.171. The molecular weight excluding hydrogens is 428 g/mol. The predicted octanol–water partition coefficient (Wildman–Crippen LogP) is 4.50. The van der Waals surface area contributed by atoms with Crippen LogP contribution >= 0.6 is 23.4 Å². The molecule has 7 nitrogen and oxygen atoms in total. The van der Waals surface area contributed by atoms with E-state index >= 15 is 0 Å². The van der Waals surface area contributed by atoms with Crippen LogP contribution in [0.3, 0.4) is 0 Å². The standard InChI is InChI=1S/C21H18ClN2O5S/c1-12-4-6-14(7-5-12)23-18(25)11-24-20(26)17(30-21(24)27)10-13-8-15(22)19(29-3)16(9-13)28-2/h4-10H,3,11H2,1-2H3,(H,23,25)/b17-10-. The summed E-state index contributed by atoms with van der Waals surface area (Å²) in [6, 6.07) is 10.4. The molecule has 1 fully saturated rings. The molecule has 3 rings (SSSR count). The van der Waals surface area contributed by atoms with E-state index in [1.54, 1.807) is 24.3 Å². The van der Waals surface area contributed by atoms with Crippen LogP contribution in [0.4, 0.5) is 10.5 Å². The highest BCUT2D eigenvalue weighted by molar-refractivity contribution is 8.18. The molecule has 0 aromatic heterocycles. The summed E-state index contributed by atoms with van der Waals surface area (Å²) < 4.78 is 10.1. The molecule has 2 aromatic rings. The third-order valence-corrected chi connectivity index (χ3v) is 5.39. The van der Waals surface area contributed by atoms with Crippen molar-refractivity contribution in [3.8, 4) is 11.5 Å². The molecule has 0 bridgehead atoms. The van der Waals surface area contributed by atoms with E-state index in [9.17, 15) is 14.4 Å². The average Bonchev–Trinajstić information content (AvgIpc) is 2.96. The predicted molar refractivity (Wildman–Crippen MR) is 116 cm³/mol. The Morgan fingerprint density at radius 1 is 1.27 bits per heavy atom. The van der Waals surface area contributed by atoms with Gasteiger partial charge < -0.3 is 14.8 Å². The maximum Gasteiger partial charge on any atom is 0.294 e. The Kier molecular flexibility index (Phi) is 6.69. The van der Waals surface area contributed by atoms with Gasteiger partial charge in [-0.3, -0.25) is 19.3 Å². The zero-order chi connectivity index (χ0) is 21.8. The number of amides is 3. The summed E-state index contributed by atoms with van der Waals surface area (Å²) in [5.41, 5.74) is 2.17. The second-order valence-electron chi connectivity index (χ2n) is 6.36. The van der Waals surface area contributed by atoms with Gasteiger partial charge in [0.05, 0.1) is 17.0 Å². The van der Waals surface area contributed by atoms with Gasteiger partial charge >= 0.3 is 0 Å². The van der Waals surface area contributed by atoms with Gasteiger partial charge in [0, 0.05) is 5.69 Å². The zero-order valence-corrected chi connectivity index (χ0v) is 17.8. The van der Waals surface area contributed by atoms with E-state index in [4.69, 9.17) is 21.1 Å². The number of benzene rings is 2. The van der Waals surface area contributed by atoms with Gasteiger partial charge in [0.15, 0.2) is 11.5 Å². The molecule has 9 heteroatoms. The number of halogens is 1. The van der Waals surface area contributed by atoms with Crippen LogP contribution in [0.15, 0.2) is 41.3 Å². The van der Waals surface area contributed by atoms with Crippen LogP contribution in [-0.2, 0) is 9.59 Å². The van der Waals surface area contributed by atoms with E-state index in [0.29, 0.717) is 17.0 Å². The molecule has 1 N–H and O–H groups in total. The molecule has 0 saturated carbocycles. The SMILES string of the molecule is [CH2]Oc1c(Cl)cc(/C=C2\SC(=O)N(CC(=O)Nc3ccc(C)cc3)C2=O)cc1OC. The Morgan fingerprint density at radius 3 is 2.60 bits per heavy atom. The number of anilines is 1. The van der Waals surface area contributed by atoms with E-state index in [1.807, 2.05) is 19.1 Å². The number of carbonyl (C=O) groups excluding carboxylic acids is 3. The van der Waals surface area contributed by atoms with E-state index in [1.165, 1.54) is 13.2 Å². The summed E-state index contributed by atoms with van der Waals surface area (Å²) in [5.74, 6) is -0.432. The van der Waals surface area contributed by atoms with Gasteiger partial charge in [-0.05, 0) is 54.6 Å². The topological polar surface area (TPSA) is 84.9 Å². The highest BCUT2D eigenvalue weighted by atomic mass is 35.5. The number of methoxy groups -OCH3 is 1. The summed E-state index contributed by atoms with van der Waals surface area (Å²) in [4.78, 5) is 38.3. The fourth-order valence-corrected chi connectivity index (χ4v) is 3.84. The Bertz CT molecular complexity index is 1040. The smallest absolute Gasteiger partial charge is 0.294 e. The molecule has 1 aliphatic heterocycles. The fourth-order valence-electron chi connectivity index (χ4n) is 2.73. The van der Waals surface area contributed by atoms with Crippen molar-refractivity contribution in [1.29, 1.82) is 0 Å². The number of hydrogen-bond acceptors (Lipinski definition) is 6. The Hall–Kier alpha value is -2.97. The van der Waals surface area contributed by atoms with Crippen LogP contribution in [0, 0.1) is 14.0 Å². The number of ether oxygens (including phenoxy) is 2. The highest BCUT2D eigenvalue weighted by Crippen LogP contribution is 2.38. The van der Waals surface area contributed by atoms with Gasteiger partial charge in [0.2, 0.25) is 5.91 Å². The summed E-state index contributed by atoms with van der Waals surface area (Å²) in [6.07, 6.45) is 1.50. The van der Waals surface area contributed by atoms with Crippen molar-refractivity contribution in [3.63, 3.8) is 0 Å². The molecule has 2 aromatic carbocycles. The molecule has 3 amide bonds. The van der Waals surface area contributed by atoms with Crippen molar-refractivity contribution >= 4 is 52.2 Å². The number of rotatable bonds is 6. The van der Waals surface area contributed by atoms with E-state index < -0.39 is 17.1 Å². The van der Waals surface area contributed by atoms with Gasteiger partial charge in [0.25, 0.3) is 11.1 Å². The van der Waals surface area contributed by atoms with Crippen molar-refractivity contribution < 1.29 is 23.9 Å². The Morgan fingerprint density at radius 2 is 1.97 bits per heavy atom. The lowest BCUT2D eigenvalue weighted by atomic mass is 10.2. The number of aryl methyl sites for hydroxylation is 1. The lowest BCUT2D eigenvalue weighted by Crippen LogP contribution is -2.36. The first-order valence-corrected chi connectivity index (χ1v) is 9.93. The molecule has 1 radical (unpaired) electrons. The van der Waals surface area contributed by atoms with Crippen molar-refractivity contribution in [1.82, 2.24) is 4.90 Å². The van der Waals surface area contributed by atoms with Gasteiger partial charge in [-0.25, -0.2) is 0 Å². The average molecular weight is 446 g/mol. The molecule has 155 valence electrons. The lowest BCUT2D eigenvalue weighted by Gasteiger charge is -2.12. The van der Waals surface area contributed by atoms with Crippen LogP contribution in [0.25, 0.3) is 6.08 Å². The third-order valence-electron chi connectivity index (χ3n) is 4.20. The molecule has 1 saturated heterocycles. The summed E-state index contributed by atoms with van der Waals surface area (Å²) in [6.45, 7) is 1.55. The van der Waals surface area contributed by atoms with Gasteiger partial charge in [-0.2, -0.15) is 0 Å². The quantitative estimate of drug-likeness (QED) is 0.659. The second-order valence-corrected chi connectivity index (χ2v) is 7.76. The number of thioether (sulfide) groups is 1. The minimum atomic E-state index is -0.559. The molecule has 0 aliphatic carbocycles. The number of imide groups is 1. The van der Waals surface area contributed by atoms with Crippen LogP contribution in [-0.4, -0.2) is 35.6 Å². The third kappa shape index (κ3) is 4.77. The van der Waals surface area contributed by atoms with E-state index in [-0.39, 0.29) is 22.2 Å². The fraction of sp³-hybridized carbons (Fsp3) is 0.143. The van der Waals surface area contributed by atoms with E-state index in [0.717, 1.165) is 22.2 Å². The van der Waals surface area contributed by atoms with Crippen LogP contribution in [0.5, 0.6) is 11.5 Å². The van der Waals surface area contributed by atoms with Crippen LogP contribution in [0.1, 0.15) is 11.1 Å². The molecule has 0 unspecified atom stereocenters. The number of nitrogens with one attached hydrogen (secondary N) is 1. The second kappa shape index (κ2) is 9.23. The molecule has 0 spiro atoms. The van der Waals surface area contributed by atoms with Crippen LogP contribution < -0.4 is 14.8 Å². The first kappa shape index (κ1) is 21.7. The first-order chi connectivity index (χ1) is 14.3. The van der Waals surface area contributed by atoms with Crippen LogP contribution in [0.2, 0.25) is 5.02 Å². The molecule has 1 aliphatic rings. The monoisotopic (exact) mass is 445 g/mol. The molecule has 1 heterocycles. The minimum Gasteiger partial charge on any atom is -0.493 e. The Labute approximate surface area is 183 Å². The van der Waals surface area contributed by atoms with Gasteiger partial charge in [-0.1, -0.05) is 29.3 Å². The van der Waals surface area contributed by atoms with Gasteiger partial charge in [-0.15, -0.1) is 0 Å². The number of hydrogen-bond donors (Lipinski definition) is 1. The van der Waals surface area contributed by atoms with Gasteiger partial charge in [0.1, 0.15) is 13.7 Å². The lowest BCUT2D eigenvalue weighted by molar-refractivity contribution is -0.127. The number of nitrogens with zero attached hydrogens (tertiary/aromatic N) is 1. The number of carbonyl (C=O) groups is 3. The summed E-state index contributed by atoms with van der Waals surface area (Å²) in [7, 11) is 4.77. The normalized spacial score (nSPS) is 14.9. The maximum absolute atomic E-state index is 12.7. The zero-order valence-electron chi connectivity index (χ0n) is 16.2. The van der Waals surface area contributed by atoms with E-state index in [2.05, 4.69) is 12.4 Å². The summed E-state index contributed by atoms with van der Waals surface area (Å²) >= 11 is 6.90. The summed E-state index contributed by atoms with van der Waals surface area (Å²) in [5, 5.41) is 2.39. The first-order valence-electron chi connectivity index (χ1n) is 8.74. The van der Waals surface area contributed by atoms with Crippen molar-refractivity contribution in [2.75, 3.05) is 19.0 Å². The van der Waals surface area contributed by atoms with Crippen molar-refractivity contribution in [3.05, 3.63) is 64.6 Å². The highest BCUT2D eigenvalue weighted by Gasteiger charge is 2.36. The molecule has 0 atom stereocenters. The maximum atomic E-state index is 12.7. The van der Waals surface area contributed by atoms with Crippen molar-refractivity contribution in [2.45, 2.75) is 6.92 Å². The van der Waals surface area contributed by atoms with Crippen molar-refractivity contribution in [2.24, 2.45) is 0 Å². The molecular formula is C21H18ClN2O5S. The molecule has 30 heavy (non-hydrogen) atoms. The largest absolute Gasteiger partial charge is 0.493 e.